The number of hydrogen-bond acceptors (Lipinski definition) is 4. The smallest absolute Gasteiger partial charge is 0.280 e. The zero-order valence-electron chi connectivity index (χ0n) is 13.5. The first-order valence-corrected chi connectivity index (χ1v) is 8.80. The fraction of sp³-hybridized carbons (Fsp3) is 0.105. The molecule has 0 fully saturated rings. The molecule has 0 aliphatic rings. The van der Waals surface area contributed by atoms with Gasteiger partial charge in [-0.1, -0.05) is 30.3 Å². The highest BCUT2D eigenvalue weighted by atomic mass is 127. The van der Waals surface area contributed by atoms with Crippen LogP contribution in [0.1, 0.15) is 12.5 Å². The van der Waals surface area contributed by atoms with E-state index in [1.807, 2.05) is 48.5 Å². The maximum Gasteiger partial charge on any atom is 0.280 e. The minimum Gasteiger partial charge on any atom is -0.479 e. The van der Waals surface area contributed by atoms with Crippen LogP contribution in [0.25, 0.3) is 10.9 Å². The van der Waals surface area contributed by atoms with E-state index in [1.54, 1.807) is 25.4 Å². The van der Waals surface area contributed by atoms with E-state index in [0.717, 1.165) is 20.0 Å². The van der Waals surface area contributed by atoms with Gasteiger partial charge in [0, 0.05) is 15.2 Å². The van der Waals surface area contributed by atoms with Crippen LogP contribution in [-0.4, -0.2) is 23.2 Å². The number of rotatable bonds is 5. The summed E-state index contributed by atoms with van der Waals surface area (Å²) < 4.78 is 6.87. The number of hydrogen-bond donors (Lipinski definition) is 1. The van der Waals surface area contributed by atoms with Crippen molar-refractivity contribution in [1.82, 2.24) is 10.4 Å². The number of pyridine rings is 1. The Morgan fingerprint density at radius 2 is 2.04 bits per heavy atom. The summed E-state index contributed by atoms with van der Waals surface area (Å²) >= 11 is 2.23. The number of aromatic nitrogens is 1. The zero-order chi connectivity index (χ0) is 17.6. The molecule has 3 rings (SSSR count). The molecule has 3 aromatic rings. The van der Waals surface area contributed by atoms with Crippen molar-refractivity contribution in [3.63, 3.8) is 0 Å². The fourth-order valence-electron chi connectivity index (χ4n) is 2.26. The van der Waals surface area contributed by atoms with Crippen LogP contribution >= 0.6 is 22.6 Å². The molecule has 126 valence electrons. The van der Waals surface area contributed by atoms with Gasteiger partial charge >= 0.3 is 0 Å². The Morgan fingerprint density at radius 3 is 2.88 bits per heavy atom. The van der Waals surface area contributed by atoms with Crippen molar-refractivity contribution in [2.75, 3.05) is 0 Å². The lowest BCUT2D eigenvalue weighted by molar-refractivity contribution is -0.127. The van der Waals surface area contributed by atoms with E-state index in [4.69, 9.17) is 4.74 Å². The molecule has 0 aliphatic carbocycles. The van der Waals surface area contributed by atoms with Gasteiger partial charge in [-0.05, 0) is 59.3 Å². The van der Waals surface area contributed by atoms with Crippen molar-refractivity contribution in [3.8, 4) is 5.75 Å². The summed E-state index contributed by atoms with van der Waals surface area (Å²) in [4.78, 5) is 16.5. The summed E-state index contributed by atoms with van der Waals surface area (Å²) in [6.45, 7) is 1.68. The van der Waals surface area contributed by atoms with Gasteiger partial charge < -0.3 is 4.74 Å². The van der Waals surface area contributed by atoms with Crippen LogP contribution in [0.4, 0.5) is 0 Å². The van der Waals surface area contributed by atoms with Gasteiger partial charge in [-0.25, -0.2) is 5.43 Å². The van der Waals surface area contributed by atoms with E-state index in [1.165, 1.54) is 0 Å². The zero-order valence-corrected chi connectivity index (χ0v) is 15.7. The number of nitrogens with zero attached hydrogens (tertiary/aromatic N) is 2. The molecule has 1 amide bonds. The molecule has 2 aromatic carbocycles. The van der Waals surface area contributed by atoms with Gasteiger partial charge in [0.25, 0.3) is 5.91 Å². The van der Waals surface area contributed by atoms with Crippen LogP contribution in [0.2, 0.25) is 0 Å². The number of benzene rings is 2. The Morgan fingerprint density at radius 1 is 1.24 bits per heavy atom. The van der Waals surface area contributed by atoms with Gasteiger partial charge in [0.1, 0.15) is 11.3 Å². The third kappa shape index (κ3) is 4.54. The number of halogens is 1. The maximum atomic E-state index is 12.2. The minimum atomic E-state index is -0.694. The molecule has 1 aromatic heterocycles. The highest BCUT2D eigenvalue weighted by Crippen LogP contribution is 2.23. The second-order valence-electron chi connectivity index (χ2n) is 5.38. The number of carbonyl (C=O) groups is 1. The van der Waals surface area contributed by atoms with Gasteiger partial charge in [0.05, 0.1) is 6.21 Å². The number of para-hydroxylation sites is 1. The summed E-state index contributed by atoms with van der Waals surface area (Å²) in [5.74, 6) is 0.247. The molecular formula is C19H16IN3O2. The summed E-state index contributed by atoms with van der Waals surface area (Å²) in [6, 6.07) is 17.2. The Balaban J connectivity index is 1.64. The molecule has 0 aliphatic heterocycles. The van der Waals surface area contributed by atoms with Crippen LogP contribution in [0.5, 0.6) is 5.75 Å². The second-order valence-corrected chi connectivity index (χ2v) is 6.63. The van der Waals surface area contributed by atoms with E-state index < -0.39 is 6.10 Å². The first-order valence-electron chi connectivity index (χ1n) is 7.72. The summed E-state index contributed by atoms with van der Waals surface area (Å²) in [6.07, 6.45) is 2.61. The summed E-state index contributed by atoms with van der Waals surface area (Å²) in [5.41, 5.74) is 4.15. The fourth-order valence-corrected chi connectivity index (χ4v) is 2.83. The van der Waals surface area contributed by atoms with Crippen LogP contribution in [0, 0.1) is 3.57 Å². The Hall–Kier alpha value is -2.48. The number of fused-ring (bicyclic) bond motifs is 1. The second kappa shape index (κ2) is 8.06. The lowest BCUT2D eigenvalue weighted by atomic mass is 10.2. The van der Waals surface area contributed by atoms with Gasteiger partial charge in [0.2, 0.25) is 0 Å². The standard InChI is InChI=1S/C19H16IN3O2/c1-13(19(24)23-22-12-14-5-2-8-16(20)11-14)25-17-9-3-6-15-7-4-10-21-18(15)17/h2-13H,1H3,(H,23,24). The Labute approximate surface area is 159 Å². The molecular weight excluding hydrogens is 429 g/mol. The van der Waals surface area contributed by atoms with Crippen molar-refractivity contribution in [1.29, 1.82) is 0 Å². The van der Waals surface area contributed by atoms with E-state index in [-0.39, 0.29) is 5.91 Å². The molecule has 5 nitrogen and oxygen atoms in total. The molecule has 0 radical (unpaired) electrons. The first kappa shape index (κ1) is 17.3. The van der Waals surface area contributed by atoms with Crippen molar-refractivity contribution in [2.24, 2.45) is 5.10 Å². The third-order valence-corrected chi connectivity index (χ3v) is 4.18. The van der Waals surface area contributed by atoms with Crippen LogP contribution in [-0.2, 0) is 4.79 Å². The number of hydrazone groups is 1. The average Bonchev–Trinajstić information content (AvgIpc) is 2.62. The van der Waals surface area contributed by atoms with Crippen LogP contribution < -0.4 is 10.2 Å². The molecule has 1 atom stereocenters. The number of nitrogens with one attached hydrogen (secondary N) is 1. The van der Waals surface area contributed by atoms with Crippen LogP contribution in [0.15, 0.2) is 65.9 Å². The molecule has 1 N–H and O–H groups in total. The monoisotopic (exact) mass is 445 g/mol. The van der Waals surface area contributed by atoms with Crippen molar-refractivity contribution < 1.29 is 9.53 Å². The number of carbonyl (C=O) groups excluding carboxylic acids is 1. The third-order valence-electron chi connectivity index (χ3n) is 3.51. The molecule has 0 spiro atoms. The average molecular weight is 445 g/mol. The molecule has 1 unspecified atom stereocenters. The lowest BCUT2D eigenvalue weighted by Gasteiger charge is -2.14. The SMILES string of the molecule is CC(Oc1cccc2cccnc12)C(=O)NN=Cc1cccc(I)c1. The van der Waals surface area contributed by atoms with E-state index in [2.05, 4.69) is 38.1 Å². The Bertz CT molecular complexity index is 922. The summed E-state index contributed by atoms with van der Waals surface area (Å²) in [5, 5.41) is 4.95. The van der Waals surface area contributed by atoms with Gasteiger partial charge in [-0.15, -0.1) is 0 Å². The van der Waals surface area contributed by atoms with E-state index in [9.17, 15) is 4.79 Å². The predicted octanol–water partition coefficient (Wildman–Crippen LogP) is 3.76. The van der Waals surface area contributed by atoms with Gasteiger partial charge in [-0.3, -0.25) is 9.78 Å². The van der Waals surface area contributed by atoms with Crippen molar-refractivity contribution >= 4 is 45.6 Å². The maximum absolute atomic E-state index is 12.2. The summed E-state index contributed by atoms with van der Waals surface area (Å²) in [7, 11) is 0. The quantitative estimate of drug-likeness (QED) is 0.370. The number of ether oxygens (including phenoxy) is 1. The van der Waals surface area contributed by atoms with Gasteiger partial charge in [0.15, 0.2) is 6.10 Å². The normalized spacial score (nSPS) is 12.2. The van der Waals surface area contributed by atoms with Crippen molar-refractivity contribution in [3.05, 3.63) is 69.9 Å². The molecule has 0 saturated heterocycles. The molecule has 0 bridgehead atoms. The van der Waals surface area contributed by atoms with Gasteiger partial charge in [-0.2, -0.15) is 5.10 Å². The van der Waals surface area contributed by atoms with Crippen molar-refractivity contribution in [2.45, 2.75) is 13.0 Å². The molecule has 1 heterocycles. The Kier molecular flexibility index (Phi) is 5.60. The van der Waals surface area contributed by atoms with E-state index >= 15 is 0 Å². The first-order chi connectivity index (χ1) is 12.1. The molecule has 0 saturated carbocycles. The lowest BCUT2D eigenvalue weighted by Crippen LogP contribution is -2.33. The van der Waals surface area contributed by atoms with Crippen LogP contribution in [0.3, 0.4) is 0 Å². The predicted molar refractivity (Wildman–Crippen MR) is 107 cm³/mol. The largest absolute Gasteiger partial charge is 0.479 e. The highest BCUT2D eigenvalue weighted by Gasteiger charge is 2.15. The highest BCUT2D eigenvalue weighted by molar-refractivity contribution is 14.1. The van der Waals surface area contributed by atoms with E-state index in [0.29, 0.717) is 5.75 Å². The number of amides is 1. The topological polar surface area (TPSA) is 63.6 Å². The molecule has 25 heavy (non-hydrogen) atoms. The minimum absolute atomic E-state index is 0.324. The molecule has 6 heteroatoms.